The zero-order valence-electron chi connectivity index (χ0n) is 2.94. The maximum absolute atomic E-state index is 5.00. The van der Waals surface area contributed by atoms with Gasteiger partial charge in [-0.05, 0) is 4.91 Å². The smallest absolute Gasteiger partial charge is 0.0723 e. The fourth-order valence-electron chi connectivity index (χ4n) is 0. The van der Waals surface area contributed by atoms with Crippen molar-refractivity contribution in [2.75, 3.05) is 0 Å². The monoisotopic (exact) mass is 84.0 g/mol. The van der Waals surface area contributed by atoms with Crippen molar-refractivity contribution in [3.05, 3.63) is 11.5 Å². The fraction of sp³-hybridized carbons (Fsp3) is 0.333. The summed E-state index contributed by atoms with van der Waals surface area (Å²) in [6.45, 7) is 3.41. The molecule has 0 aromatic rings. The van der Waals surface area contributed by atoms with Crippen molar-refractivity contribution in [2.24, 2.45) is 0 Å². The van der Waals surface area contributed by atoms with Crippen molar-refractivity contribution in [3.8, 4) is 0 Å². The van der Waals surface area contributed by atoms with Crippen LogP contribution in [0, 0.1) is 0 Å². The molecular formula is C3H5BS. The van der Waals surface area contributed by atoms with Crippen LogP contribution in [0.3, 0.4) is 0 Å². The van der Waals surface area contributed by atoms with E-state index in [4.69, 9.17) is 7.85 Å². The van der Waals surface area contributed by atoms with Crippen LogP contribution in [-0.4, -0.2) is 7.85 Å². The topological polar surface area (TPSA) is 0 Å². The lowest BCUT2D eigenvalue weighted by atomic mass is 10.1. The molecule has 2 heteroatoms. The molecule has 0 atom stereocenters. The van der Waals surface area contributed by atoms with Gasteiger partial charge in [0.15, 0.2) is 0 Å². The Morgan fingerprint density at radius 1 is 2.00 bits per heavy atom. The third kappa shape index (κ3) is 4.15. The van der Waals surface area contributed by atoms with Gasteiger partial charge in [0.1, 0.15) is 0 Å². The second-order valence-corrected chi connectivity index (χ2v) is 1.40. The van der Waals surface area contributed by atoms with Crippen LogP contribution in [0.4, 0.5) is 0 Å². The Morgan fingerprint density at radius 2 is 2.20 bits per heavy atom. The van der Waals surface area contributed by atoms with Crippen molar-refractivity contribution in [1.82, 2.24) is 0 Å². The molecule has 0 saturated carbocycles. The van der Waals surface area contributed by atoms with Gasteiger partial charge in [-0.1, -0.05) is 12.9 Å². The average Bonchev–Trinajstić information content (AvgIpc) is 1.38. The Balaban J connectivity index is 2.85. The normalized spacial score (nSPS) is 7.40. The maximum Gasteiger partial charge on any atom is 0.0723 e. The maximum atomic E-state index is 5.00. The van der Waals surface area contributed by atoms with Gasteiger partial charge in [-0.3, -0.25) is 0 Å². The molecule has 0 amide bonds. The summed E-state index contributed by atoms with van der Waals surface area (Å²) < 4.78 is 0. The Labute approximate surface area is 39.1 Å². The first-order valence-electron chi connectivity index (χ1n) is 1.34. The molecule has 0 heterocycles. The minimum absolute atomic E-state index is 0.475. The van der Waals surface area contributed by atoms with Crippen molar-refractivity contribution in [3.63, 3.8) is 0 Å². The minimum atomic E-state index is 0.475. The molecular weight excluding hydrogens is 78.9 g/mol. The first kappa shape index (κ1) is 5.15. The Morgan fingerprint density at radius 3 is 2.20 bits per heavy atom. The Kier molecular flexibility index (Phi) is 2.47. The zero-order chi connectivity index (χ0) is 4.28. The van der Waals surface area contributed by atoms with Crippen LogP contribution in [0.1, 0.15) is 0 Å². The van der Waals surface area contributed by atoms with Crippen LogP contribution < -0.4 is 0 Å². The molecule has 0 aliphatic carbocycles. The quantitative estimate of drug-likeness (QED) is 0.355. The molecule has 0 N–H and O–H groups in total. The summed E-state index contributed by atoms with van der Waals surface area (Å²) in [4.78, 5) is 0.727. The van der Waals surface area contributed by atoms with Gasteiger partial charge in [0.25, 0.3) is 0 Å². The highest BCUT2D eigenvalue weighted by atomic mass is 32.1. The molecule has 0 aliphatic rings. The van der Waals surface area contributed by atoms with Crippen molar-refractivity contribution in [2.45, 2.75) is 6.32 Å². The molecule has 0 spiro atoms. The van der Waals surface area contributed by atoms with Crippen molar-refractivity contribution < 1.29 is 0 Å². The van der Waals surface area contributed by atoms with Gasteiger partial charge < -0.3 is 0 Å². The number of thiol groups is 1. The second-order valence-electron chi connectivity index (χ2n) is 0.770. The summed E-state index contributed by atoms with van der Waals surface area (Å²) in [5, 5.41) is 0. The summed E-state index contributed by atoms with van der Waals surface area (Å²) in [5.41, 5.74) is 0. The molecule has 0 unspecified atom stereocenters. The molecule has 0 rings (SSSR count). The van der Waals surface area contributed by atoms with Gasteiger partial charge in [-0.25, -0.2) is 0 Å². The summed E-state index contributed by atoms with van der Waals surface area (Å²) >= 11 is 3.78. The van der Waals surface area contributed by atoms with Crippen molar-refractivity contribution in [1.29, 1.82) is 0 Å². The molecule has 0 saturated heterocycles. The highest BCUT2D eigenvalue weighted by Crippen LogP contribution is 1.96. The fourth-order valence-corrected chi connectivity index (χ4v) is 0. The predicted octanol–water partition coefficient (Wildman–Crippen LogP) is 1.02. The van der Waals surface area contributed by atoms with E-state index in [0.717, 1.165) is 4.91 Å². The van der Waals surface area contributed by atoms with Crippen molar-refractivity contribution >= 4 is 20.5 Å². The van der Waals surface area contributed by atoms with Crippen LogP contribution in [0.15, 0.2) is 11.5 Å². The first-order chi connectivity index (χ1) is 2.27. The van der Waals surface area contributed by atoms with E-state index >= 15 is 0 Å². The first-order valence-corrected chi connectivity index (χ1v) is 1.79. The lowest BCUT2D eigenvalue weighted by Gasteiger charge is -1.78. The van der Waals surface area contributed by atoms with Crippen LogP contribution in [-0.2, 0) is 0 Å². The zero-order valence-corrected chi connectivity index (χ0v) is 3.83. The van der Waals surface area contributed by atoms with E-state index < -0.39 is 0 Å². The van der Waals surface area contributed by atoms with E-state index in [2.05, 4.69) is 19.2 Å². The standard InChI is InChI=1S/C3H5BS/c1-3(5)2-4/h5H,1-2H2. The lowest BCUT2D eigenvalue weighted by molar-refractivity contribution is 1.71. The highest BCUT2D eigenvalue weighted by molar-refractivity contribution is 7.84. The van der Waals surface area contributed by atoms with Gasteiger partial charge in [-0.2, -0.15) is 0 Å². The number of allylic oxidation sites excluding steroid dienone is 1. The third-order valence-corrected chi connectivity index (χ3v) is 0.418. The summed E-state index contributed by atoms with van der Waals surface area (Å²) in [6, 6.07) is 0. The SMILES string of the molecule is [B]CC(=C)S. The van der Waals surface area contributed by atoms with Gasteiger partial charge in [0, 0.05) is 0 Å². The van der Waals surface area contributed by atoms with Gasteiger partial charge in [-0.15, -0.1) is 12.6 Å². The van der Waals surface area contributed by atoms with E-state index in [1.807, 2.05) is 0 Å². The molecule has 5 heavy (non-hydrogen) atoms. The van der Waals surface area contributed by atoms with Crippen LogP contribution in [0.2, 0.25) is 6.32 Å². The van der Waals surface area contributed by atoms with Crippen LogP contribution in [0.5, 0.6) is 0 Å². The third-order valence-electron chi connectivity index (χ3n) is 0.236. The van der Waals surface area contributed by atoms with E-state index in [1.54, 1.807) is 0 Å². The van der Waals surface area contributed by atoms with Crippen LogP contribution >= 0.6 is 12.6 Å². The van der Waals surface area contributed by atoms with Crippen LogP contribution in [0.25, 0.3) is 0 Å². The Bertz CT molecular complexity index is 42.2. The molecule has 0 aliphatic heterocycles. The summed E-state index contributed by atoms with van der Waals surface area (Å²) in [6.07, 6.45) is 0.475. The molecule has 0 fully saturated rings. The summed E-state index contributed by atoms with van der Waals surface area (Å²) in [7, 11) is 5.00. The largest absolute Gasteiger partial charge is 0.149 e. The predicted molar refractivity (Wildman–Crippen MR) is 28.7 cm³/mol. The number of hydrogen-bond acceptors (Lipinski definition) is 1. The molecule has 0 aromatic carbocycles. The molecule has 0 bridgehead atoms. The summed E-state index contributed by atoms with van der Waals surface area (Å²) in [5.74, 6) is 0. The molecule has 0 aromatic heterocycles. The van der Waals surface area contributed by atoms with Gasteiger partial charge in [0.2, 0.25) is 0 Å². The number of hydrogen-bond donors (Lipinski definition) is 1. The second kappa shape index (κ2) is 2.40. The highest BCUT2D eigenvalue weighted by Gasteiger charge is 1.69. The van der Waals surface area contributed by atoms with Gasteiger partial charge >= 0.3 is 0 Å². The average molecular weight is 84.0 g/mol. The molecule has 2 radical (unpaired) electrons. The number of rotatable bonds is 1. The Hall–Kier alpha value is 0.155. The van der Waals surface area contributed by atoms with E-state index in [1.165, 1.54) is 0 Å². The molecule has 26 valence electrons. The molecule has 0 nitrogen and oxygen atoms in total. The van der Waals surface area contributed by atoms with E-state index in [-0.39, 0.29) is 0 Å². The lowest BCUT2D eigenvalue weighted by Crippen LogP contribution is -1.59. The minimum Gasteiger partial charge on any atom is -0.149 e. The van der Waals surface area contributed by atoms with E-state index in [9.17, 15) is 0 Å². The van der Waals surface area contributed by atoms with E-state index in [0.29, 0.717) is 6.32 Å². The van der Waals surface area contributed by atoms with Gasteiger partial charge in [0.05, 0.1) is 7.85 Å².